The zero-order chi connectivity index (χ0) is 41.1. The van der Waals surface area contributed by atoms with Gasteiger partial charge in [0.1, 0.15) is 0 Å². The highest BCUT2D eigenvalue weighted by molar-refractivity contribution is 6.17. The maximum Gasteiger partial charge on any atom is 0.235 e. The van der Waals surface area contributed by atoms with E-state index >= 15 is 0 Å². The van der Waals surface area contributed by atoms with Crippen molar-refractivity contribution in [1.29, 1.82) is 0 Å². The van der Waals surface area contributed by atoms with Gasteiger partial charge in [-0.15, -0.1) is 0 Å². The van der Waals surface area contributed by atoms with Gasteiger partial charge in [0, 0.05) is 32.7 Å². The second-order valence-electron chi connectivity index (χ2n) is 17.3. The zero-order valence-corrected chi connectivity index (χ0v) is 34.4. The third-order valence-electron chi connectivity index (χ3n) is 13.6. The Labute approximate surface area is 359 Å². The number of fused-ring (bicyclic) bond motifs is 11. The molecule has 0 radical (unpaired) electrons. The first kappa shape index (κ1) is 34.9. The summed E-state index contributed by atoms with van der Waals surface area (Å²) < 4.78 is 2.33. The molecule has 3 heteroatoms. The predicted octanol–water partition coefficient (Wildman–Crippen LogP) is 15.5. The molecule has 10 aromatic carbocycles. The summed E-state index contributed by atoms with van der Waals surface area (Å²) in [5, 5.41) is 10.8. The molecule has 0 spiro atoms. The molecule has 2 heterocycles. The third kappa shape index (κ3) is 5.06. The molecule has 13 rings (SSSR count). The average molecular weight is 790 g/mol. The fraction of sp³-hybridized carbons (Fsp3) is 0.0508. The van der Waals surface area contributed by atoms with Crippen LogP contribution in [-0.2, 0) is 5.41 Å². The molecule has 0 fully saturated rings. The molecule has 0 N–H and O–H groups in total. The topological polar surface area (TPSA) is 30.7 Å². The van der Waals surface area contributed by atoms with E-state index in [-0.39, 0.29) is 5.41 Å². The first-order valence-electron chi connectivity index (χ1n) is 21.5. The Kier molecular flexibility index (Phi) is 7.36. The van der Waals surface area contributed by atoms with Crippen LogP contribution in [0.3, 0.4) is 0 Å². The summed E-state index contributed by atoms with van der Waals surface area (Å²) in [6.07, 6.45) is 0. The van der Waals surface area contributed by atoms with Crippen LogP contribution in [0.4, 0.5) is 0 Å². The van der Waals surface area contributed by atoms with Crippen LogP contribution in [0.5, 0.6) is 0 Å². The van der Waals surface area contributed by atoms with Gasteiger partial charge in [-0.25, -0.2) is 9.97 Å². The van der Waals surface area contributed by atoms with E-state index in [2.05, 4.69) is 219 Å². The molecule has 62 heavy (non-hydrogen) atoms. The first-order valence-corrected chi connectivity index (χ1v) is 21.5. The minimum atomic E-state index is -0.164. The van der Waals surface area contributed by atoms with Gasteiger partial charge in [0.2, 0.25) is 5.95 Å². The van der Waals surface area contributed by atoms with Gasteiger partial charge in [0.25, 0.3) is 0 Å². The molecular formula is C59H39N3. The quantitative estimate of drug-likeness (QED) is 0.178. The van der Waals surface area contributed by atoms with Crippen LogP contribution < -0.4 is 0 Å². The highest BCUT2D eigenvalue weighted by Gasteiger charge is 2.37. The lowest BCUT2D eigenvalue weighted by atomic mass is 9.81. The molecule has 0 bridgehead atoms. The van der Waals surface area contributed by atoms with Crippen molar-refractivity contribution in [3.63, 3.8) is 0 Å². The Morgan fingerprint density at radius 1 is 0.387 bits per heavy atom. The Balaban J connectivity index is 1.05. The SMILES string of the molecule is CC1(C)c2cc(-c3cccc4c5cc6ccccc6cc5n(-c5nc(-c6ccc(-c7cccc8ccccc78)cc6)c6ccccc6n5)c34)ccc2-c2c1ccc1ccccc21. The fourth-order valence-corrected chi connectivity index (χ4v) is 10.5. The number of hydrogen-bond donors (Lipinski definition) is 0. The maximum absolute atomic E-state index is 5.57. The summed E-state index contributed by atoms with van der Waals surface area (Å²) in [6, 6.07) is 73.0. The van der Waals surface area contributed by atoms with E-state index in [1.54, 1.807) is 0 Å². The second kappa shape index (κ2) is 13.1. The number of para-hydroxylation sites is 2. The number of benzene rings is 10. The van der Waals surface area contributed by atoms with Crippen LogP contribution in [0, 0.1) is 0 Å². The van der Waals surface area contributed by atoms with Gasteiger partial charge < -0.3 is 0 Å². The van der Waals surface area contributed by atoms with Crippen molar-refractivity contribution in [3.8, 4) is 50.6 Å². The first-order chi connectivity index (χ1) is 30.5. The summed E-state index contributed by atoms with van der Waals surface area (Å²) >= 11 is 0. The van der Waals surface area contributed by atoms with Crippen molar-refractivity contribution < 1.29 is 0 Å². The van der Waals surface area contributed by atoms with Gasteiger partial charge in [-0.1, -0.05) is 190 Å². The van der Waals surface area contributed by atoms with Gasteiger partial charge in [0.15, 0.2) is 0 Å². The van der Waals surface area contributed by atoms with E-state index in [0.717, 1.165) is 38.8 Å². The molecule has 1 aliphatic rings. The zero-order valence-electron chi connectivity index (χ0n) is 34.4. The lowest BCUT2D eigenvalue weighted by molar-refractivity contribution is 0.661. The van der Waals surface area contributed by atoms with Crippen molar-refractivity contribution in [1.82, 2.24) is 14.5 Å². The van der Waals surface area contributed by atoms with Crippen LogP contribution in [-0.4, -0.2) is 14.5 Å². The summed E-state index contributed by atoms with van der Waals surface area (Å²) in [6.45, 7) is 4.75. The summed E-state index contributed by atoms with van der Waals surface area (Å²) in [7, 11) is 0. The van der Waals surface area contributed by atoms with Crippen molar-refractivity contribution in [2.24, 2.45) is 0 Å². The minimum absolute atomic E-state index is 0.164. The minimum Gasteiger partial charge on any atom is -0.277 e. The largest absolute Gasteiger partial charge is 0.277 e. The maximum atomic E-state index is 5.57. The van der Waals surface area contributed by atoms with Gasteiger partial charge in [-0.05, 0) is 95.5 Å². The predicted molar refractivity (Wildman–Crippen MR) is 260 cm³/mol. The monoisotopic (exact) mass is 789 g/mol. The van der Waals surface area contributed by atoms with E-state index in [1.165, 1.54) is 82.0 Å². The van der Waals surface area contributed by atoms with Gasteiger partial charge >= 0.3 is 0 Å². The molecule has 2 aromatic heterocycles. The van der Waals surface area contributed by atoms with Crippen LogP contribution in [0.25, 0.3) is 116 Å². The van der Waals surface area contributed by atoms with Gasteiger partial charge in [-0.3, -0.25) is 4.57 Å². The molecule has 0 saturated carbocycles. The molecule has 0 aliphatic heterocycles. The smallest absolute Gasteiger partial charge is 0.235 e. The number of hydrogen-bond acceptors (Lipinski definition) is 2. The van der Waals surface area contributed by atoms with Crippen molar-refractivity contribution in [3.05, 3.63) is 211 Å². The van der Waals surface area contributed by atoms with E-state index in [1.807, 2.05) is 0 Å². The Morgan fingerprint density at radius 3 is 1.82 bits per heavy atom. The fourth-order valence-electron chi connectivity index (χ4n) is 10.5. The molecule has 0 atom stereocenters. The van der Waals surface area contributed by atoms with Crippen LogP contribution in [0.1, 0.15) is 25.0 Å². The van der Waals surface area contributed by atoms with Gasteiger partial charge in [0.05, 0.1) is 22.2 Å². The van der Waals surface area contributed by atoms with Crippen molar-refractivity contribution in [2.75, 3.05) is 0 Å². The van der Waals surface area contributed by atoms with Crippen molar-refractivity contribution in [2.45, 2.75) is 19.3 Å². The summed E-state index contributed by atoms with van der Waals surface area (Å²) in [5.74, 6) is 0.653. The Bertz CT molecular complexity index is 3830. The standard InChI is InChI=1S/C59H39N3/c1-59(2)51-32-30-37-14-6-8-19-45(37)55(51)48-31-29-42(34-52(48)59)46-22-12-23-47-50-33-40-15-3-4-16-41(40)35-54(50)62(57(46)47)58-60-53-24-10-9-20-49(53)56(61-58)39-27-25-38(26-28-39)44-21-11-17-36-13-5-7-18-43(36)44/h3-35H,1-2H3. The lowest BCUT2D eigenvalue weighted by Gasteiger charge is -2.22. The molecular weight excluding hydrogens is 751 g/mol. The average Bonchev–Trinajstić information content (AvgIpc) is 3.77. The van der Waals surface area contributed by atoms with Crippen LogP contribution >= 0.6 is 0 Å². The number of nitrogens with zero attached hydrogens (tertiary/aromatic N) is 3. The molecule has 0 amide bonds. The normalized spacial score (nSPS) is 13.1. The third-order valence-corrected chi connectivity index (χ3v) is 13.6. The molecule has 290 valence electrons. The summed E-state index contributed by atoms with van der Waals surface area (Å²) in [5.41, 5.74) is 15.0. The van der Waals surface area contributed by atoms with Crippen molar-refractivity contribution >= 4 is 65.0 Å². The molecule has 0 unspecified atom stereocenters. The molecule has 3 nitrogen and oxygen atoms in total. The molecule has 1 aliphatic carbocycles. The van der Waals surface area contributed by atoms with Crippen LogP contribution in [0.15, 0.2) is 200 Å². The molecule has 12 aromatic rings. The second-order valence-corrected chi connectivity index (χ2v) is 17.3. The van der Waals surface area contributed by atoms with Crippen LogP contribution in [0.2, 0.25) is 0 Å². The Hall–Kier alpha value is -7.88. The summed E-state index contributed by atoms with van der Waals surface area (Å²) in [4.78, 5) is 11.0. The van der Waals surface area contributed by atoms with E-state index in [9.17, 15) is 0 Å². The Morgan fingerprint density at radius 2 is 1.00 bits per heavy atom. The lowest BCUT2D eigenvalue weighted by Crippen LogP contribution is -2.15. The number of aromatic nitrogens is 3. The van der Waals surface area contributed by atoms with E-state index < -0.39 is 0 Å². The van der Waals surface area contributed by atoms with E-state index in [0.29, 0.717) is 5.95 Å². The number of rotatable bonds is 4. The highest BCUT2D eigenvalue weighted by atomic mass is 15.2. The van der Waals surface area contributed by atoms with Gasteiger partial charge in [-0.2, -0.15) is 0 Å². The molecule has 0 saturated heterocycles. The highest BCUT2D eigenvalue weighted by Crippen LogP contribution is 2.52. The van der Waals surface area contributed by atoms with E-state index in [4.69, 9.17) is 9.97 Å².